The minimum atomic E-state index is -4.03. The summed E-state index contributed by atoms with van der Waals surface area (Å²) < 4.78 is 35.1. The number of carbonyl (C=O) groups excluding carboxylic acids is 3. The van der Waals surface area contributed by atoms with E-state index in [1.54, 1.807) is 17.0 Å². The van der Waals surface area contributed by atoms with Gasteiger partial charge in [-0.15, -0.1) is 0 Å². The third-order valence-electron chi connectivity index (χ3n) is 5.36. The monoisotopic (exact) mass is 502 g/mol. The van der Waals surface area contributed by atoms with E-state index < -0.39 is 21.3 Å². The predicted octanol–water partition coefficient (Wildman–Crippen LogP) is 3.12. The van der Waals surface area contributed by atoms with E-state index in [1.807, 2.05) is 0 Å². The van der Waals surface area contributed by atoms with E-state index in [-0.39, 0.29) is 28.0 Å². The first-order valence-electron chi connectivity index (χ1n) is 10.5. The second-order valence-corrected chi connectivity index (χ2v) is 10.2. The number of methoxy groups -OCH3 is 1. The number of carbonyl (C=O) groups is 3. The summed E-state index contributed by atoms with van der Waals surface area (Å²) in [6, 6.07) is 11.9. The van der Waals surface area contributed by atoms with Gasteiger partial charge in [0, 0.05) is 13.1 Å². The molecule has 9 nitrogen and oxygen atoms in total. The smallest absolute Gasteiger partial charge is 0.339 e. The van der Waals surface area contributed by atoms with Crippen molar-refractivity contribution in [3.8, 4) is 11.5 Å². The molecule has 4 rings (SSSR count). The van der Waals surface area contributed by atoms with Gasteiger partial charge in [0.25, 0.3) is 11.1 Å². The van der Waals surface area contributed by atoms with Gasteiger partial charge in [-0.25, -0.2) is 0 Å². The highest BCUT2D eigenvalue weighted by atomic mass is 32.2. The van der Waals surface area contributed by atoms with Gasteiger partial charge in [-0.1, -0.05) is 12.1 Å². The normalized spacial score (nSPS) is 17.5. The number of thioether (sulfide) groups is 1. The Balaban J connectivity index is 1.42. The molecule has 0 N–H and O–H groups in total. The second-order valence-electron chi connectivity index (χ2n) is 7.64. The first-order chi connectivity index (χ1) is 16.3. The Hall–Kier alpha value is -3.31. The maximum Gasteiger partial charge on any atom is 0.339 e. The molecule has 0 radical (unpaired) electrons. The van der Waals surface area contributed by atoms with E-state index in [2.05, 4.69) is 0 Å². The molecule has 0 unspecified atom stereocenters. The zero-order valence-corrected chi connectivity index (χ0v) is 19.9. The fourth-order valence-corrected chi connectivity index (χ4v) is 5.29. The minimum Gasteiger partial charge on any atom is -0.497 e. The molecule has 3 amide bonds. The average Bonchev–Trinajstić information content (AvgIpc) is 3.45. The number of likely N-dealkylation sites (tertiary alicyclic amines) is 1. The molecular weight excluding hydrogens is 480 g/mol. The minimum absolute atomic E-state index is 0.0190. The highest BCUT2D eigenvalue weighted by Crippen LogP contribution is 2.32. The number of hydrogen-bond acceptors (Lipinski definition) is 8. The first-order valence-corrected chi connectivity index (χ1v) is 12.7. The van der Waals surface area contributed by atoms with Gasteiger partial charge < -0.3 is 13.8 Å². The largest absolute Gasteiger partial charge is 0.497 e. The lowest BCUT2D eigenvalue weighted by Crippen LogP contribution is -2.40. The van der Waals surface area contributed by atoms with Crippen molar-refractivity contribution < 1.29 is 31.7 Å². The number of benzene rings is 2. The predicted molar refractivity (Wildman–Crippen MR) is 126 cm³/mol. The van der Waals surface area contributed by atoms with Gasteiger partial charge in [-0.05, 0) is 72.6 Å². The lowest BCUT2D eigenvalue weighted by molar-refractivity contribution is -0.135. The topological polar surface area (TPSA) is 110 Å². The third-order valence-corrected chi connectivity index (χ3v) is 7.53. The standard InChI is InChI=1S/C23H22N2O7S2/c1-31-17-8-10-19(11-9-17)34(29,30)32-18-6-4-16(5-7-18)14-20-22(27)25(23(28)33-20)15-21(26)24-12-2-3-13-24/h4-11,14H,2-3,12-13,15H2,1H3/b20-14-. The molecule has 34 heavy (non-hydrogen) atoms. The Labute approximate surface area is 201 Å². The van der Waals surface area contributed by atoms with Gasteiger partial charge in [0.05, 0.1) is 12.0 Å². The van der Waals surface area contributed by atoms with Crippen LogP contribution in [0.5, 0.6) is 11.5 Å². The quantitative estimate of drug-likeness (QED) is 0.420. The maximum absolute atomic E-state index is 12.7. The SMILES string of the molecule is COc1ccc(S(=O)(=O)Oc2ccc(/C=C3\SC(=O)N(CC(=O)N4CCCC4)C3=O)cc2)cc1. The summed E-state index contributed by atoms with van der Waals surface area (Å²) in [5, 5.41) is -0.491. The fourth-order valence-electron chi connectivity index (χ4n) is 3.53. The number of imide groups is 1. The number of hydrogen-bond donors (Lipinski definition) is 0. The molecule has 0 aromatic heterocycles. The van der Waals surface area contributed by atoms with Crippen molar-refractivity contribution in [3.63, 3.8) is 0 Å². The summed E-state index contributed by atoms with van der Waals surface area (Å²) in [4.78, 5) is 40.1. The van der Waals surface area contributed by atoms with E-state index in [4.69, 9.17) is 8.92 Å². The van der Waals surface area contributed by atoms with Crippen molar-refractivity contribution in [2.45, 2.75) is 17.7 Å². The molecule has 2 fully saturated rings. The summed E-state index contributed by atoms with van der Waals surface area (Å²) in [6.07, 6.45) is 3.37. The number of rotatable bonds is 7. The average molecular weight is 503 g/mol. The summed E-state index contributed by atoms with van der Waals surface area (Å²) in [6.45, 7) is 1.03. The number of ether oxygens (including phenoxy) is 1. The molecule has 0 spiro atoms. The van der Waals surface area contributed by atoms with E-state index in [0.717, 1.165) is 29.5 Å². The zero-order valence-electron chi connectivity index (χ0n) is 18.3. The van der Waals surface area contributed by atoms with Crippen molar-refractivity contribution in [1.29, 1.82) is 0 Å². The van der Waals surface area contributed by atoms with Crippen LogP contribution in [0.1, 0.15) is 18.4 Å². The molecule has 2 aromatic rings. The Morgan fingerprint density at radius 1 is 1.00 bits per heavy atom. The molecule has 0 atom stereocenters. The first kappa shape index (κ1) is 23.8. The highest BCUT2D eigenvalue weighted by Gasteiger charge is 2.37. The van der Waals surface area contributed by atoms with Crippen LogP contribution in [0.2, 0.25) is 0 Å². The van der Waals surface area contributed by atoms with Gasteiger partial charge in [0.1, 0.15) is 22.9 Å². The van der Waals surface area contributed by atoms with Gasteiger partial charge >= 0.3 is 10.1 Å². The summed E-state index contributed by atoms with van der Waals surface area (Å²) in [5.74, 6) is -0.143. The van der Waals surface area contributed by atoms with E-state index in [9.17, 15) is 22.8 Å². The van der Waals surface area contributed by atoms with Crippen LogP contribution in [0.15, 0.2) is 58.3 Å². The zero-order chi connectivity index (χ0) is 24.3. The molecule has 178 valence electrons. The maximum atomic E-state index is 12.7. The van der Waals surface area contributed by atoms with Crippen molar-refractivity contribution in [1.82, 2.24) is 9.80 Å². The van der Waals surface area contributed by atoms with Crippen LogP contribution in [0.25, 0.3) is 6.08 Å². The lowest BCUT2D eigenvalue weighted by atomic mass is 10.2. The van der Waals surface area contributed by atoms with Crippen LogP contribution in [-0.4, -0.2) is 62.0 Å². The van der Waals surface area contributed by atoms with Gasteiger partial charge in [-0.3, -0.25) is 19.3 Å². The highest BCUT2D eigenvalue weighted by molar-refractivity contribution is 8.18. The van der Waals surface area contributed by atoms with E-state index in [0.29, 0.717) is 24.4 Å². The molecule has 11 heteroatoms. The van der Waals surface area contributed by atoms with Crippen LogP contribution < -0.4 is 8.92 Å². The molecule has 2 aliphatic rings. The molecule has 0 saturated carbocycles. The molecule has 0 aliphatic carbocycles. The Morgan fingerprint density at radius 3 is 2.24 bits per heavy atom. The molecule has 2 aromatic carbocycles. The van der Waals surface area contributed by atoms with Crippen LogP contribution in [0.3, 0.4) is 0 Å². The Morgan fingerprint density at radius 2 is 1.62 bits per heavy atom. The van der Waals surface area contributed by atoms with E-state index in [1.165, 1.54) is 49.6 Å². The van der Waals surface area contributed by atoms with Crippen LogP contribution >= 0.6 is 11.8 Å². The molecular formula is C23H22N2O7S2. The third kappa shape index (κ3) is 5.26. The molecule has 2 heterocycles. The Bertz CT molecular complexity index is 1230. The van der Waals surface area contributed by atoms with Gasteiger partial charge in [0.15, 0.2) is 0 Å². The van der Waals surface area contributed by atoms with Crippen LogP contribution in [0.4, 0.5) is 4.79 Å². The summed E-state index contributed by atoms with van der Waals surface area (Å²) in [7, 11) is -2.55. The number of nitrogens with zero attached hydrogens (tertiary/aromatic N) is 2. The van der Waals surface area contributed by atoms with Crippen molar-refractivity contribution >= 4 is 45.0 Å². The summed E-state index contributed by atoms with van der Waals surface area (Å²) >= 11 is 0.766. The van der Waals surface area contributed by atoms with Crippen LogP contribution in [-0.2, 0) is 19.7 Å². The van der Waals surface area contributed by atoms with Crippen molar-refractivity contribution in [2.75, 3.05) is 26.7 Å². The van der Waals surface area contributed by atoms with Crippen LogP contribution in [0, 0.1) is 0 Å². The molecule has 2 saturated heterocycles. The van der Waals surface area contributed by atoms with E-state index >= 15 is 0 Å². The number of amides is 3. The van der Waals surface area contributed by atoms with Crippen molar-refractivity contribution in [3.05, 3.63) is 59.0 Å². The Kier molecular flexibility index (Phi) is 6.94. The molecule has 2 aliphatic heterocycles. The fraction of sp³-hybridized carbons (Fsp3) is 0.261. The van der Waals surface area contributed by atoms with Gasteiger partial charge in [-0.2, -0.15) is 8.42 Å². The second kappa shape index (κ2) is 9.90. The summed E-state index contributed by atoms with van der Waals surface area (Å²) in [5.41, 5.74) is 0.575. The lowest BCUT2D eigenvalue weighted by Gasteiger charge is -2.18. The van der Waals surface area contributed by atoms with Gasteiger partial charge in [0.2, 0.25) is 5.91 Å². The molecule has 0 bridgehead atoms. The van der Waals surface area contributed by atoms with Crippen molar-refractivity contribution in [2.24, 2.45) is 0 Å².